The van der Waals surface area contributed by atoms with Crippen molar-refractivity contribution in [2.45, 2.75) is 52.5 Å². The first-order valence-corrected chi connectivity index (χ1v) is 6.56. The molecule has 0 aromatic heterocycles. The molecular weight excluding hydrogens is 228 g/mol. The number of nitrogens with zero attached hydrogens (tertiary/aromatic N) is 1. The van der Waals surface area contributed by atoms with E-state index < -0.39 is 0 Å². The molecule has 0 radical (unpaired) electrons. The monoisotopic (exact) mass is 250 g/mol. The zero-order valence-corrected chi connectivity index (χ0v) is 11.4. The number of aryl methyl sites for hydroxylation is 1. The van der Waals surface area contributed by atoms with Crippen LogP contribution in [-0.2, 0) is 0 Å². The Bertz CT molecular complexity index is 405. The summed E-state index contributed by atoms with van der Waals surface area (Å²) in [7, 11) is 0. The van der Waals surface area contributed by atoms with Gasteiger partial charge in [-0.2, -0.15) is 0 Å². The molecule has 0 bridgehead atoms. The van der Waals surface area contributed by atoms with E-state index in [-0.39, 0.29) is 16.7 Å². The fraction of sp³-hybridized carbons (Fsp3) is 0.571. The molecule has 4 heteroatoms. The van der Waals surface area contributed by atoms with Gasteiger partial charge in [0.05, 0.1) is 4.92 Å². The van der Waals surface area contributed by atoms with Gasteiger partial charge in [-0.25, -0.2) is 0 Å². The average Bonchev–Trinajstić information content (AvgIpc) is 2.31. The van der Waals surface area contributed by atoms with Crippen LogP contribution in [0.1, 0.15) is 45.1 Å². The standard InChI is InChI=1S/C14H22N2O2/c1-4-5-6-9-12(3)15-14-11(2)8-7-10-13(14)16(17)18/h7-8,10,12,15H,4-6,9H2,1-3H3. The second-order valence-corrected chi connectivity index (χ2v) is 4.77. The predicted molar refractivity (Wildman–Crippen MR) is 75.1 cm³/mol. The largest absolute Gasteiger partial charge is 0.377 e. The summed E-state index contributed by atoms with van der Waals surface area (Å²) in [6, 6.07) is 5.43. The molecule has 4 nitrogen and oxygen atoms in total. The molecule has 0 fully saturated rings. The minimum absolute atomic E-state index is 0.164. The van der Waals surface area contributed by atoms with Crippen LogP contribution in [0.25, 0.3) is 0 Å². The van der Waals surface area contributed by atoms with Crippen LogP contribution in [0.15, 0.2) is 18.2 Å². The lowest BCUT2D eigenvalue weighted by molar-refractivity contribution is -0.384. The van der Waals surface area contributed by atoms with Crippen LogP contribution in [0.4, 0.5) is 11.4 Å². The number of nitrogens with one attached hydrogen (secondary N) is 1. The van der Waals surface area contributed by atoms with Crippen LogP contribution in [0.3, 0.4) is 0 Å². The third kappa shape index (κ3) is 4.02. The van der Waals surface area contributed by atoms with Crippen LogP contribution in [0.2, 0.25) is 0 Å². The lowest BCUT2D eigenvalue weighted by atomic mass is 10.1. The van der Waals surface area contributed by atoms with E-state index in [9.17, 15) is 10.1 Å². The lowest BCUT2D eigenvalue weighted by Gasteiger charge is -2.16. The van der Waals surface area contributed by atoms with Crippen molar-refractivity contribution in [3.8, 4) is 0 Å². The summed E-state index contributed by atoms with van der Waals surface area (Å²) in [5, 5.41) is 14.3. The van der Waals surface area contributed by atoms with Crippen LogP contribution in [-0.4, -0.2) is 11.0 Å². The van der Waals surface area contributed by atoms with Crippen molar-refractivity contribution < 1.29 is 4.92 Å². The van der Waals surface area contributed by atoms with E-state index in [0.29, 0.717) is 5.69 Å². The molecule has 1 N–H and O–H groups in total. The summed E-state index contributed by atoms with van der Waals surface area (Å²) in [6.45, 7) is 6.14. The molecule has 100 valence electrons. The van der Waals surface area contributed by atoms with E-state index in [0.717, 1.165) is 18.4 Å². The summed E-state index contributed by atoms with van der Waals surface area (Å²) in [5.41, 5.74) is 1.75. The Morgan fingerprint density at radius 2 is 2.11 bits per heavy atom. The van der Waals surface area contributed by atoms with E-state index in [1.165, 1.54) is 12.8 Å². The van der Waals surface area contributed by atoms with Gasteiger partial charge in [-0.15, -0.1) is 0 Å². The van der Waals surface area contributed by atoms with Gasteiger partial charge in [-0.1, -0.05) is 38.3 Å². The van der Waals surface area contributed by atoms with Gasteiger partial charge >= 0.3 is 0 Å². The first kappa shape index (κ1) is 14.5. The summed E-state index contributed by atoms with van der Waals surface area (Å²) in [4.78, 5) is 10.7. The van der Waals surface area contributed by atoms with Crippen molar-refractivity contribution in [2.75, 3.05) is 5.32 Å². The number of hydrogen-bond donors (Lipinski definition) is 1. The number of nitro groups is 1. The molecule has 1 atom stereocenters. The third-order valence-corrected chi connectivity index (χ3v) is 3.08. The maximum atomic E-state index is 11.0. The van der Waals surface area contributed by atoms with Gasteiger partial charge in [-0.05, 0) is 25.8 Å². The molecule has 0 aliphatic heterocycles. The minimum atomic E-state index is -0.325. The van der Waals surface area contributed by atoms with E-state index in [1.807, 2.05) is 13.0 Å². The normalized spacial score (nSPS) is 12.2. The molecule has 1 unspecified atom stereocenters. The minimum Gasteiger partial charge on any atom is -0.377 e. The summed E-state index contributed by atoms with van der Waals surface area (Å²) in [5.74, 6) is 0. The number of para-hydroxylation sites is 1. The second kappa shape index (κ2) is 6.99. The Hall–Kier alpha value is -1.58. The van der Waals surface area contributed by atoms with Gasteiger partial charge in [0.2, 0.25) is 0 Å². The van der Waals surface area contributed by atoms with Gasteiger partial charge in [-0.3, -0.25) is 10.1 Å². The zero-order valence-electron chi connectivity index (χ0n) is 11.4. The maximum absolute atomic E-state index is 11.0. The summed E-state index contributed by atoms with van der Waals surface area (Å²) < 4.78 is 0. The first-order chi connectivity index (χ1) is 8.56. The first-order valence-electron chi connectivity index (χ1n) is 6.56. The second-order valence-electron chi connectivity index (χ2n) is 4.77. The molecule has 0 saturated heterocycles. The number of rotatable bonds is 7. The molecule has 0 heterocycles. The van der Waals surface area contributed by atoms with Crippen LogP contribution in [0.5, 0.6) is 0 Å². The Morgan fingerprint density at radius 3 is 2.72 bits per heavy atom. The topological polar surface area (TPSA) is 55.2 Å². The van der Waals surface area contributed by atoms with Crippen LogP contribution < -0.4 is 5.32 Å². The van der Waals surface area contributed by atoms with Crippen molar-refractivity contribution >= 4 is 11.4 Å². The highest BCUT2D eigenvalue weighted by molar-refractivity contribution is 5.66. The Kier molecular flexibility index (Phi) is 5.62. The highest BCUT2D eigenvalue weighted by Crippen LogP contribution is 2.28. The molecule has 0 spiro atoms. The van der Waals surface area contributed by atoms with Crippen molar-refractivity contribution in [3.63, 3.8) is 0 Å². The number of unbranched alkanes of at least 4 members (excludes halogenated alkanes) is 2. The summed E-state index contributed by atoms with van der Waals surface area (Å²) in [6.07, 6.45) is 4.60. The summed E-state index contributed by atoms with van der Waals surface area (Å²) >= 11 is 0. The SMILES string of the molecule is CCCCCC(C)Nc1c(C)cccc1[N+](=O)[O-]. The highest BCUT2D eigenvalue weighted by Gasteiger charge is 2.16. The van der Waals surface area contributed by atoms with Crippen LogP contribution >= 0.6 is 0 Å². The molecule has 0 amide bonds. The van der Waals surface area contributed by atoms with Gasteiger partial charge in [0.15, 0.2) is 0 Å². The molecular formula is C14H22N2O2. The zero-order chi connectivity index (χ0) is 13.5. The smallest absolute Gasteiger partial charge is 0.292 e. The van der Waals surface area contributed by atoms with Crippen LogP contribution in [0, 0.1) is 17.0 Å². The molecule has 1 aromatic carbocycles. The van der Waals surface area contributed by atoms with Gasteiger partial charge in [0.1, 0.15) is 5.69 Å². The van der Waals surface area contributed by atoms with Gasteiger partial charge in [0.25, 0.3) is 5.69 Å². The number of hydrogen-bond acceptors (Lipinski definition) is 3. The fourth-order valence-corrected chi connectivity index (χ4v) is 2.01. The Labute approximate surface area is 109 Å². The van der Waals surface area contributed by atoms with Crippen molar-refractivity contribution in [3.05, 3.63) is 33.9 Å². The molecule has 1 aromatic rings. The van der Waals surface area contributed by atoms with E-state index in [1.54, 1.807) is 12.1 Å². The molecule has 0 aliphatic rings. The van der Waals surface area contributed by atoms with Crippen molar-refractivity contribution in [2.24, 2.45) is 0 Å². The van der Waals surface area contributed by atoms with E-state index in [4.69, 9.17) is 0 Å². The maximum Gasteiger partial charge on any atom is 0.292 e. The predicted octanol–water partition coefficient (Wildman–Crippen LogP) is 4.28. The van der Waals surface area contributed by atoms with E-state index >= 15 is 0 Å². The Balaban J connectivity index is 2.73. The number of benzene rings is 1. The molecule has 0 saturated carbocycles. The molecule has 0 aliphatic carbocycles. The number of anilines is 1. The fourth-order valence-electron chi connectivity index (χ4n) is 2.01. The van der Waals surface area contributed by atoms with Crippen molar-refractivity contribution in [1.82, 2.24) is 0 Å². The number of nitro benzene ring substituents is 1. The highest BCUT2D eigenvalue weighted by atomic mass is 16.6. The third-order valence-electron chi connectivity index (χ3n) is 3.08. The lowest BCUT2D eigenvalue weighted by Crippen LogP contribution is -2.16. The van der Waals surface area contributed by atoms with Gasteiger partial charge in [0, 0.05) is 12.1 Å². The molecule has 1 rings (SSSR count). The average molecular weight is 250 g/mol. The molecule has 18 heavy (non-hydrogen) atoms. The van der Waals surface area contributed by atoms with Crippen molar-refractivity contribution in [1.29, 1.82) is 0 Å². The Morgan fingerprint density at radius 1 is 1.39 bits per heavy atom. The van der Waals surface area contributed by atoms with Gasteiger partial charge < -0.3 is 5.32 Å². The quantitative estimate of drug-likeness (QED) is 0.446. The van der Waals surface area contributed by atoms with E-state index in [2.05, 4.69) is 19.2 Å².